The highest BCUT2D eigenvalue weighted by molar-refractivity contribution is 5.94. The van der Waals surface area contributed by atoms with E-state index in [-0.39, 0.29) is 18.7 Å². The summed E-state index contributed by atoms with van der Waals surface area (Å²) in [7, 11) is 0. The Morgan fingerprint density at radius 3 is 2.63 bits per heavy atom. The summed E-state index contributed by atoms with van der Waals surface area (Å²) in [6.07, 6.45) is -4.79. The molecule has 0 aliphatic heterocycles. The van der Waals surface area contributed by atoms with Gasteiger partial charge in [0.1, 0.15) is 5.75 Å². The van der Waals surface area contributed by atoms with Crippen molar-refractivity contribution in [3.8, 4) is 5.75 Å². The van der Waals surface area contributed by atoms with Gasteiger partial charge >= 0.3 is 6.36 Å². The number of aliphatic hydroxyl groups is 1. The molecule has 1 aromatic carbocycles. The highest BCUT2D eigenvalue weighted by atomic mass is 19.4. The normalized spacial score (nSPS) is 11.2. The molecule has 0 radical (unpaired) electrons. The van der Waals surface area contributed by atoms with Gasteiger partial charge in [-0.25, -0.2) is 0 Å². The maximum Gasteiger partial charge on any atom is 0.573 e. The Kier molecular flexibility index (Phi) is 5.17. The van der Waals surface area contributed by atoms with Crippen molar-refractivity contribution in [2.45, 2.75) is 13.3 Å². The number of aliphatic hydroxyl groups excluding tert-OH is 1. The summed E-state index contributed by atoms with van der Waals surface area (Å²) in [5, 5.41) is 8.80. The van der Waals surface area contributed by atoms with Crippen LogP contribution in [0.3, 0.4) is 0 Å². The molecule has 1 rings (SSSR count). The average Bonchev–Trinajstić information content (AvgIpc) is 2.33. The van der Waals surface area contributed by atoms with Crippen LogP contribution in [0.5, 0.6) is 5.75 Å². The van der Waals surface area contributed by atoms with Crippen LogP contribution in [-0.2, 0) is 0 Å². The van der Waals surface area contributed by atoms with Crippen LogP contribution in [0.25, 0.3) is 0 Å². The number of benzene rings is 1. The van der Waals surface area contributed by atoms with Gasteiger partial charge in [0.2, 0.25) is 0 Å². The second-order valence-corrected chi connectivity index (χ2v) is 3.68. The minimum absolute atomic E-state index is 0.0806. The molecule has 4 nitrogen and oxygen atoms in total. The number of ether oxygens (including phenoxy) is 1. The van der Waals surface area contributed by atoms with E-state index in [1.165, 1.54) is 17.0 Å². The van der Waals surface area contributed by atoms with E-state index >= 15 is 0 Å². The Morgan fingerprint density at radius 1 is 1.42 bits per heavy atom. The average molecular weight is 277 g/mol. The number of hydrogen-bond donors (Lipinski definition) is 1. The zero-order chi connectivity index (χ0) is 14.5. The molecule has 106 valence electrons. The first-order chi connectivity index (χ1) is 8.87. The third kappa shape index (κ3) is 4.78. The lowest BCUT2D eigenvalue weighted by Crippen LogP contribution is -2.33. The molecule has 0 aliphatic carbocycles. The van der Waals surface area contributed by atoms with Crippen molar-refractivity contribution in [1.29, 1.82) is 0 Å². The topological polar surface area (TPSA) is 49.8 Å². The molecule has 0 bridgehead atoms. The smallest absolute Gasteiger partial charge is 0.406 e. The number of amides is 1. The van der Waals surface area contributed by atoms with Crippen molar-refractivity contribution in [3.63, 3.8) is 0 Å². The van der Waals surface area contributed by atoms with Crippen LogP contribution < -0.4 is 4.74 Å². The minimum Gasteiger partial charge on any atom is -0.406 e. The van der Waals surface area contributed by atoms with Crippen molar-refractivity contribution in [1.82, 2.24) is 4.90 Å². The zero-order valence-electron chi connectivity index (χ0n) is 10.3. The van der Waals surface area contributed by atoms with Gasteiger partial charge in [0.15, 0.2) is 0 Å². The quantitative estimate of drug-likeness (QED) is 0.896. The molecule has 0 saturated carbocycles. The predicted octanol–water partition coefficient (Wildman–Crippen LogP) is 2.04. The molecular formula is C12H14F3NO3. The summed E-state index contributed by atoms with van der Waals surface area (Å²) in [6, 6.07) is 4.84. The zero-order valence-corrected chi connectivity index (χ0v) is 10.3. The van der Waals surface area contributed by atoms with E-state index < -0.39 is 18.0 Å². The van der Waals surface area contributed by atoms with Gasteiger partial charge in [-0.2, -0.15) is 0 Å². The summed E-state index contributed by atoms with van der Waals surface area (Å²) in [6.45, 7) is 1.98. The largest absolute Gasteiger partial charge is 0.573 e. The molecule has 0 spiro atoms. The molecule has 1 aromatic rings. The van der Waals surface area contributed by atoms with E-state index in [1.807, 2.05) is 0 Å². The Hall–Kier alpha value is -1.76. The van der Waals surface area contributed by atoms with Crippen LogP contribution in [0.2, 0.25) is 0 Å². The third-order valence-corrected chi connectivity index (χ3v) is 2.35. The molecule has 7 heteroatoms. The van der Waals surface area contributed by atoms with Crippen LogP contribution in [0.1, 0.15) is 17.3 Å². The van der Waals surface area contributed by atoms with Gasteiger partial charge in [-0.1, -0.05) is 6.07 Å². The van der Waals surface area contributed by atoms with Gasteiger partial charge in [-0.15, -0.1) is 13.2 Å². The molecule has 0 unspecified atom stereocenters. The molecule has 1 N–H and O–H groups in total. The number of rotatable bonds is 5. The molecule has 0 atom stereocenters. The Labute approximate surface area is 108 Å². The number of carbonyl (C=O) groups excluding carboxylic acids is 1. The van der Waals surface area contributed by atoms with Gasteiger partial charge in [0.05, 0.1) is 6.61 Å². The van der Waals surface area contributed by atoms with Gasteiger partial charge in [-0.3, -0.25) is 4.79 Å². The Balaban J connectivity index is 2.89. The van der Waals surface area contributed by atoms with Crippen LogP contribution in [-0.4, -0.2) is 42.0 Å². The lowest BCUT2D eigenvalue weighted by Gasteiger charge is -2.20. The first kappa shape index (κ1) is 15.3. The van der Waals surface area contributed by atoms with E-state index in [1.54, 1.807) is 6.92 Å². The van der Waals surface area contributed by atoms with Crippen molar-refractivity contribution in [2.75, 3.05) is 19.7 Å². The number of nitrogens with zero attached hydrogens (tertiary/aromatic N) is 1. The van der Waals surface area contributed by atoms with Gasteiger partial charge in [0.25, 0.3) is 5.91 Å². The highest BCUT2D eigenvalue weighted by Crippen LogP contribution is 2.23. The van der Waals surface area contributed by atoms with Crippen molar-refractivity contribution >= 4 is 5.91 Å². The number of hydrogen-bond acceptors (Lipinski definition) is 3. The Morgan fingerprint density at radius 2 is 2.11 bits per heavy atom. The molecular weight excluding hydrogens is 263 g/mol. The van der Waals surface area contributed by atoms with Gasteiger partial charge in [-0.05, 0) is 25.1 Å². The number of alkyl halides is 3. The molecule has 0 heterocycles. The highest BCUT2D eigenvalue weighted by Gasteiger charge is 2.31. The molecule has 0 fully saturated rings. The summed E-state index contributed by atoms with van der Waals surface area (Å²) in [5.74, 6) is -0.900. The first-order valence-electron chi connectivity index (χ1n) is 5.63. The van der Waals surface area contributed by atoms with Gasteiger partial charge < -0.3 is 14.7 Å². The predicted molar refractivity (Wildman–Crippen MR) is 61.8 cm³/mol. The fourth-order valence-corrected chi connectivity index (χ4v) is 1.53. The molecule has 0 aromatic heterocycles. The van der Waals surface area contributed by atoms with Gasteiger partial charge in [0, 0.05) is 18.7 Å². The standard InChI is InChI=1S/C12H14F3NO3/c1-2-16(6-7-17)11(18)9-4-3-5-10(8-9)19-12(13,14)15/h3-5,8,17H,2,6-7H2,1H3. The first-order valence-corrected chi connectivity index (χ1v) is 5.63. The van der Waals surface area contributed by atoms with Crippen molar-refractivity contribution < 1.29 is 27.8 Å². The van der Waals surface area contributed by atoms with E-state index in [0.29, 0.717) is 6.54 Å². The summed E-state index contributed by atoms with van der Waals surface area (Å²) in [4.78, 5) is 13.3. The fourth-order valence-electron chi connectivity index (χ4n) is 1.53. The van der Waals surface area contributed by atoms with E-state index in [4.69, 9.17) is 5.11 Å². The second kappa shape index (κ2) is 6.42. The second-order valence-electron chi connectivity index (χ2n) is 3.68. The maximum atomic E-state index is 12.1. The van der Waals surface area contributed by atoms with Crippen LogP contribution >= 0.6 is 0 Å². The van der Waals surface area contributed by atoms with Crippen molar-refractivity contribution in [3.05, 3.63) is 29.8 Å². The fraction of sp³-hybridized carbons (Fsp3) is 0.417. The van der Waals surface area contributed by atoms with Crippen LogP contribution in [0.4, 0.5) is 13.2 Å². The number of halogens is 3. The van der Waals surface area contributed by atoms with Crippen LogP contribution in [0, 0.1) is 0 Å². The molecule has 1 amide bonds. The molecule has 19 heavy (non-hydrogen) atoms. The minimum atomic E-state index is -4.79. The lowest BCUT2D eigenvalue weighted by molar-refractivity contribution is -0.274. The van der Waals surface area contributed by atoms with Crippen molar-refractivity contribution in [2.24, 2.45) is 0 Å². The maximum absolute atomic E-state index is 12.1. The summed E-state index contributed by atoms with van der Waals surface area (Å²) < 4.78 is 40.0. The number of likely N-dealkylation sites (N-methyl/N-ethyl adjacent to an activating group) is 1. The summed E-state index contributed by atoms with van der Waals surface area (Å²) >= 11 is 0. The monoisotopic (exact) mass is 277 g/mol. The molecule has 0 saturated heterocycles. The SMILES string of the molecule is CCN(CCO)C(=O)c1cccc(OC(F)(F)F)c1. The van der Waals surface area contributed by atoms with Crippen LogP contribution in [0.15, 0.2) is 24.3 Å². The van der Waals surface area contributed by atoms with E-state index in [0.717, 1.165) is 12.1 Å². The third-order valence-electron chi connectivity index (χ3n) is 2.35. The number of carbonyl (C=O) groups is 1. The van der Waals surface area contributed by atoms with E-state index in [2.05, 4.69) is 4.74 Å². The van der Waals surface area contributed by atoms with E-state index in [9.17, 15) is 18.0 Å². The lowest BCUT2D eigenvalue weighted by atomic mass is 10.2. The molecule has 0 aliphatic rings. The summed E-state index contributed by atoms with van der Waals surface area (Å²) in [5.41, 5.74) is 0.0806. The Bertz CT molecular complexity index is 434.